The van der Waals surface area contributed by atoms with Gasteiger partial charge in [0.25, 0.3) is 0 Å². The lowest BCUT2D eigenvalue weighted by Crippen LogP contribution is -2.03. The van der Waals surface area contributed by atoms with Crippen LogP contribution in [0.3, 0.4) is 0 Å². The van der Waals surface area contributed by atoms with Crippen molar-refractivity contribution in [3.05, 3.63) is 72.8 Å². The lowest BCUT2D eigenvalue weighted by atomic mass is 10.1. The van der Waals surface area contributed by atoms with Crippen LogP contribution < -0.4 is 14.8 Å². The third-order valence-electron chi connectivity index (χ3n) is 5.02. The molecule has 7 heteroatoms. The molecular weight excluding hydrogens is 390 g/mol. The van der Waals surface area contributed by atoms with Gasteiger partial charge in [-0.2, -0.15) is 4.52 Å². The molecule has 0 aliphatic heterocycles. The van der Waals surface area contributed by atoms with Crippen LogP contribution in [0, 0.1) is 0 Å². The number of fused-ring (bicyclic) bond motifs is 3. The number of anilines is 2. The van der Waals surface area contributed by atoms with Crippen molar-refractivity contribution in [2.24, 2.45) is 0 Å². The molecule has 0 fully saturated rings. The van der Waals surface area contributed by atoms with E-state index >= 15 is 0 Å². The number of hydrogen-bond acceptors (Lipinski definition) is 6. The first-order valence-electron chi connectivity index (χ1n) is 10.1. The summed E-state index contributed by atoms with van der Waals surface area (Å²) in [5.41, 5.74) is 2.50. The van der Waals surface area contributed by atoms with Gasteiger partial charge in [-0.25, -0.2) is 0 Å². The van der Waals surface area contributed by atoms with E-state index in [0.717, 1.165) is 33.5 Å². The van der Waals surface area contributed by atoms with Gasteiger partial charge in [0.15, 0.2) is 17.3 Å². The molecule has 154 valence electrons. The second-order valence-electron chi connectivity index (χ2n) is 6.97. The molecule has 5 rings (SSSR count). The summed E-state index contributed by atoms with van der Waals surface area (Å²) in [6.07, 6.45) is 0. The summed E-state index contributed by atoms with van der Waals surface area (Å²) in [7, 11) is 1.65. The zero-order valence-corrected chi connectivity index (χ0v) is 17.2. The Kier molecular flexibility index (Phi) is 4.84. The van der Waals surface area contributed by atoms with Crippen molar-refractivity contribution in [3.63, 3.8) is 0 Å². The molecule has 1 N–H and O–H groups in total. The first kappa shape index (κ1) is 18.9. The molecule has 0 saturated heterocycles. The highest BCUT2D eigenvalue weighted by atomic mass is 16.5. The van der Waals surface area contributed by atoms with Crippen molar-refractivity contribution in [1.82, 2.24) is 19.8 Å². The van der Waals surface area contributed by atoms with Crippen LogP contribution in [0.25, 0.3) is 27.8 Å². The number of nitrogens with zero attached hydrogens (tertiary/aromatic N) is 4. The number of benzene rings is 3. The predicted molar refractivity (Wildman–Crippen MR) is 121 cm³/mol. The second kappa shape index (κ2) is 7.95. The van der Waals surface area contributed by atoms with Gasteiger partial charge in [-0.15, -0.1) is 15.3 Å². The number of rotatable bonds is 6. The molecular formula is C24H21N5O2. The Hall–Kier alpha value is -4.13. The van der Waals surface area contributed by atoms with E-state index in [1.54, 1.807) is 11.6 Å². The van der Waals surface area contributed by atoms with Crippen LogP contribution in [0.15, 0.2) is 72.8 Å². The molecule has 2 aromatic heterocycles. The van der Waals surface area contributed by atoms with Crippen LogP contribution in [0.2, 0.25) is 0 Å². The van der Waals surface area contributed by atoms with Gasteiger partial charge in [-0.1, -0.05) is 30.3 Å². The Bertz CT molecular complexity index is 1360. The zero-order chi connectivity index (χ0) is 21.2. The van der Waals surface area contributed by atoms with Gasteiger partial charge in [0.05, 0.1) is 13.7 Å². The first-order chi connectivity index (χ1) is 15.3. The van der Waals surface area contributed by atoms with Crippen LogP contribution in [0.1, 0.15) is 6.92 Å². The van der Waals surface area contributed by atoms with Crippen LogP contribution in [-0.4, -0.2) is 33.5 Å². The highest BCUT2D eigenvalue weighted by molar-refractivity contribution is 6.01. The topological polar surface area (TPSA) is 73.6 Å². The van der Waals surface area contributed by atoms with Crippen LogP contribution in [0.5, 0.6) is 11.5 Å². The largest absolute Gasteiger partial charge is 0.497 e. The fourth-order valence-corrected chi connectivity index (χ4v) is 3.56. The van der Waals surface area contributed by atoms with Crippen molar-refractivity contribution in [2.45, 2.75) is 6.92 Å². The van der Waals surface area contributed by atoms with E-state index in [1.165, 1.54) is 0 Å². The van der Waals surface area contributed by atoms with E-state index in [4.69, 9.17) is 14.6 Å². The summed E-state index contributed by atoms with van der Waals surface area (Å²) in [5.74, 6) is 2.97. The Balaban J connectivity index is 1.65. The van der Waals surface area contributed by atoms with Crippen molar-refractivity contribution < 1.29 is 9.47 Å². The Morgan fingerprint density at radius 2 is 1.68 bits per heavy atom. The summed E-state index contributed by atoms with van der Waals surface area (Å²) in [6, 6.07) is 23.6. The minimum Gasteiger partial charge on any atom is -0.497 e. The molecule has 0 spiro atoms. The van der Waals surface area contributed by atoms with E-state index in [1.807, 2.05) is 79.7 Å². The van der Waals surface area contributed by atoms with Gasteiger partial charge in [-0.05, 0) is 43.3 Å². The van der Waals surface area contributed by atoms with Gasteiger partial charge < -0.3 is 14.8 Å². The van der Waals surface area contributed by atoms with E-state index in [9.17, 15) is 0 Å². The standard InChI is InChI=1S/C24H21N5O2/c1-3-31-19-8-6-7-17(15-19)25-22-20-9-4-5-10-21(20)24-27-26-23(29(24)28-22)16-11-13-18(30-2)14-12-16/h4-15H,3H2,1-2H3,(H,25,28). The maximum atomic E-state index is 5.63. The van der Waals surface area contributed by atoms with Gasteiger partial charge in [0.1, 0.15) is 11.5 Å². The smallest absolute Gasteiger partial charge is 0.186 e. The fourth-order valence-electron chi connectivity index (χ4n) is 3.56. The van der Waals surface area contributed by atoms with Crippen molar-refractivity contribution in [2.75, 3.05) is 19.0 Å². The van der Waals surface area contributed by atoms with E-state index in [2.05, 4.69) is 15.5 Å². The van der Waals surface area contributed by atoms with Crippen LogP contribution >= 0.6 is 0 Å². The average molecular weight is 411 g/mol. The Morgan fingerprint density at radius 1 is 0.871 bits per heavy atom. The number of nitrogens with one attached hydrogen (secondary N) is 1. The quantitative estimate of drug-likeness (QED) is 0.419. The van der Waals surface area contributed by atoms with E-state index < -0.39 is 0 Å². The third-order valence-corrected chi connectivity index (χ3v) is 5.02. The van der Waals surface area contributed by atoms with Gasteiger partial charge in [-0.3, -0.25) is 0 Å². The number of ether oxygens (including phenoxy) is 2. The summed E-state index contributed by atoms with van der Waals surface area (Å²) >= 11 is 0. The fraction of sp³-hybridized carbons (Fsp3) is 0.125. The van der Waals surface area contributed by atoms with Crippen molar-refractivity contribution in [3.8, 4) is 22.9 Å². The third kappa shape index (κ3) is 3.50. The maximum absolute atomic E-state index is 5.63. The van der Waals surface area contributed by atoms with Crippen molar-refractivity contribution >= 4 is 27.9 Å². The molecule has 0 radical (unpaired) electrons. The monoisotopic (exact) mass is 411 g/mol. The lowest BCUT2D eigenvalue weighted by Gasteiger charge is -2.12. The number of aromatic nitrogens is 4. The molecule has 7 nitrogen and oxygen atoms in total. The molecule has 0 unspecified atom stereocenters. The summed E-state index contributed by atoms with van der Waals surface area (Å²) < 4.78 is 12.7. The lowest BCUT2D eigenvalue weighted by molar-refractivity contribution is 0.340. The molecule has 0 amide bonds. The van der Waals surface area contributed by atoms with E-state index in [0.29, 0.717) is 23.9 Å². The van der Waals surface area contributed by atoms with E-state index in [-0.39, 0.29) is 0 Å². The minimum atomic E-state index is 0.614. The van der Waals surface area contributed by atoms with Gasteiger partial charge >= 0.3 is 0 Å². The van der Waals surface area contributed by atoms with Crippen molar-refractivity contribution in [1.29, 1.82) is 0 Å². The molecule has 0 bridgehead atoms. The predicted octanol–water partition coefficient (Wildman–Crippen LogP) is 5.10. The highest BCUT2D eigenvalue weighted by Crippen LogP contribution is 2.30. The number of methoxy groups -OCH3 is 1. The molecule has 5 aromatic rings. The zero-order valence-electron chi connectivity index (χ0n) is 17.2. The molecule has 31 heavy (non-hydrogen) atoms. The van der Waals surface area contributed by atoms with Crippen LogP contribution in [-0.2, 0) is 0 Å². The Morgan fingerprint density at radius 3 is 2.45 bits per heavy atom. The molecule has 0 atom stereocenters. The molecule has 3 aromatic carbocycles. The second-order valence-corrected chi connectivity index (χ2v) is 6.97. The summed E-state index contributed by atoms with van der Waals surface area (Å²) in [6.45, 7) is 2.58. The SMILES string of the molecule is CCOc1cccc(Nc2nn3c(-c4ccc(OC)cc4)nnc3c3ccccc23)c1. The molecule has 0 saturated carbocycles. The first-order valence-corrected chi connectivity index (χ1v) is 10.1. The summed E-state index contributed by atoms with van der Waals surface area (Å²) in [4.78, 5) is 0. The Labute approximate surface area is 179 Å². The minimum absolute atomic E-state index is 0.614. The maximum Gasteiger partial charge on any atom is 0.186 e. The average Bonchev–Trinajstić information content (AvgIpc) is 3.24. The highest BCUT2D eigenvalue weighted by Gasteiger charge is 2.15. The van der Waals surface area contributed by atoms with Gasteiger partial charge in [0, 0.05) is 28.1 Å². The normalized spacial score (nSPS) is 11.0. The molecule has 2 heterocycles. The molecule has 0 aliphatic carbocycles. The van der Waals surface area contributed by atoms with Crippen LogP contribution in [0.4, 0.5) is 11.5 Å². The summed E-state index contributed by atoms with van der Waals surface area (Å²) in [5, 5.41) is 19.1. The number of hydrogen-bond donors (Lipinski definition) is 1. The molecule has 0 aliphatic rings. The van der Waals surface area contributed by atoms with Gasteiger partial charge in [0.2, 0.25) is 0 Å².